The summed E-state index contributed by atoms with van der Waals surface area (Å²) in [5.41, 5.74) is 3.35. The third kappa shape index (κ3) is 1.68. The Hall–Kier alpha value is -0.490. The number of rotatable bonds is 0. The largest absolute Gasteiger partial charge is 0.0843 e. The second-order valence-corrected chi connectivity index (χ2v) is 5.74. The van der Waals surface area contributed by atoms with Crippen molar-refractivity contribution in [3.05, 3.63) is 34.3 Å². The van der Waals surface area contributed by atoms with Crippen molar-refractivity contribution in [3.8, 4) is 0 Å². The molecule has 1 unspecified atom stereocenters. The molecule has 1 aromatic rings. The predicted molar refractivity (Wildman–Crippen MR) is 62.0 cm³/mol. The van der Waals surface area contributed by atoms with Crippen LogP contribution in [-0.2, 0) is 6.42 Å². The van der Waals surface area contributed by atoms with Gasteiger partial charge in [-0.05, 0) is 47.4 Å². The lowest BCUT2D eigenvalue weighted by Crippen LogP contribution is -2.15. The van der Waals surface area contributed by atoms with Crippen LogP contribution in [0.2, 0.25) is 5.02 Å². The van der Waals surface area contributed by atoms with Crippen LogP contribution >= 0.6 is 11.6 Å². The summed E-state index contributed by atoms with van der Waals surface area (Å²) in [6.07, 6.45) is 2.47. The lowest BCUT2D eigenvalue weighted by molar-refractivity contribution is 0.319. The fraction of sp³-hybridized carbons (Fsp3) is 0.538. The molecule has 0 heterocycles. The summed E-state index contributed by atoms with van der Waals surface area (Å²) in [4.78, 5) is 0. The third-order valence-corrected chi connectivity index (χ3v) is 3.46. The van der Waals surface area contributed by atoms with Gasteiger partial charge in [-0.25, -0.2) is 0 Å². The Bertz CT molecular complexity index is 347. The number of hydrogen-bond acceptors (Lipinski definition) is 0. The Kier molecular flexibility index (Phi) is 2.35. The van der Waals surface area contributed by atoms with E-state index >= 15 is 0 Å². The Balaban J connectivity index is 2.41. The number of benzene rings is 1. The van der Waals surface area contributed by atoms with Gasteiger partial charge in [-0.3, -0.25) is 0 Å². The molecule has 0 spiro atoms. The maximum atomic E-state index is 5.99. The Labute approximate surface area is 91.3 Å². The Morgan fingerprint density at radius 1 is 1.29 bits per heavy atom. The zero-order valence-corrected chi connectivity index (χ0v) is 9.86. The summed E-state index contributed by atoms with van der Waals surface area (Å²) < 4.78 is 0. The van der Waals surface area contributed by atoms with Gasteiger partial charge in [0, 0.05) is 5.02 Å². The highest BCUT2D eigenvalue weighted by Gasteiger charge is 2.31. The fourth-order valence-electron chi connectivity index (χ4n) is 2.49. The van der Waals surface area contributed by atoms with Crippen LogP contribution in [0.5, 0.6) is 0 Å². The van der Waals surface area contributed by atoms with E-state index in [0.717, 1.165) is 5.02 Å². The van der Waals surface area contributed by atoms with Crippen LogP contribution in [0.4, 0.5) is 0 Å². The molecule has 0 saturated heterocycles. The first-order valence-electron chi connectivity index (χ1n) is 5.27. The molecule has 0 nitrogen and oxygen atoms in total. The number of fused-ring (bicyclic) bond motifs is 1. The lowest BCUT2D eigenvalue weighted by atomic mass is 9.77. The third-order valence-electron chi connectivity index (χ3n) is 3.23. The summed E-state index contributed by atoms with van der Waals surface area (Å²) in [5, 5.41) is 0.873. The van der Waals surface area contributed by atoms with Crippen molar-refractivity contribution in [2.75, 3.05) is 0 Å². The molecule has 0 saturated carbocycles. The minimum atomic E-state index is 0.374. The van der Waals surface area contributed by atoms with E-state index in [1.807, 2.05) is 6.07 Å². The van der Waals surface area contributed by atoms with Gasteiger partial charge in [0.1, 0.15) is 0 Å². The highest BCUT2D eigenvalue weighted by atomic mass is 35.5. The summed E-state index contributed by atoms with van der Waals surface area (Å²) in [7, 11) is 0. The van der Waals surface area contributed by atoms with E-state index in [-0.39, 0.29) is 0 Å². The molecular formula is C13H17Cl. The van der Waals surface area contributed by atoms with Crippen LogP contribution in [0.25, 0.3) is 0 Å². The molecule has 0 aromatic heterocycles. The molecular weight excluding hydrogens is 192 g/mol. The van der Waals surface area contributed by atoms with Crippen molar-refractivity contribution in [1.82, 2.24) is 0 Å². The van der Waals surface area contributed by atoms with Crippen molar-refractivity contribution < 1.29 is 0 Å². The average Bonchev–Trinajstić information content (AvgIpc) is 2.45. The van der Waals surface area contributed by atoms with Gasteiger partial charge in [0.2, 0.25) is 0 Å². The molecule has 1 heteroatoms. The summed E-state index contributed by atoms with van der Waals surface area (Å²) >= 11 is 5.99. The van der Waals surface area contributed by atoms with Crippen molar-refractivity contribution >= 4 is 11.6 Å². The molecule has 0 bridgehead atoms. The zero-order valence-electron chi connectivity index (χ0n) is 9.10. The fourth-order valence-corrected chi connectivity index (χ4v) is 2.68. The second-order valence-electron chi connectivity index (χ2n) is 5.30. The van der Waals surface area contributed by atoms with E-state index < -0.39 is 0 Å². The summed E-state index contributed by atoms with van der Waals surface area (Å²) in [6, 6.07) is 6.35. The first-order valence-corrected chi connectivity index (χ1v) is 5.64. The van der Waals surface area contributed by atoms with Gasteiger partial charge in [0.05, 0.1) is 0 Å². The molecule has 0 radical (unpaired) electrons. The van der Waals surface area contributed by atoms with Gasteiger partial charge < -0.3 is 0 Å². The SMILES string of the molecule is CC(C)(C)C1CCc2cc(Cl)ccc21. The normalized spacial score (nSPS) is 21.0. The molecule has 1 aliphatic carbocycles. The monoisotopic (exact) mass is 208 g/mol. The zero-order chi connectivity index (χ0) is 10.3. The van der Waals surface area contributed by atoms with Crippen LogP contribution < -0.4 is 0 Å². The van der Waals surface area contributed by atoms with Crippen molar-refractivity contribution in [2.45, 2.75) is 39.5 Å². The maximum absolute atomic E-state index is 5.99. The summed E-state index contributed by atoms with van der Waals surface area (Å²) in [5.74, 6) is 0.703. The minimum absolute atomic E-state index is 0.374. The molecule has 14 heavy (non-hydrogen) atoms. The molecule has 76 valence electrons. The molecule has 0 N–H and O–H groups in total. The van der Waals surface area contributed by atoms with Gasteiger partial charge in [-0.1, -0.05) is 38.4 Å². The van der Waals surface area contributed by atoms with Crippen LogP contribution in [0, 0.1) is 5.41 Å². The van der Waals surface area contributed by atoms with E-state index in [1.54, 1.807) is 0 Å². The maximum Gasteiger partial charge on any atom is 0.0408 e. The molecule has 1 atom stereocenters. The topological polar surface area (TPSA) is 0 Å². The van der Waals surface area contributed by atoms with E-state index in [2.05, 4.69) is 32.9 Å². The van der Waals surface area contributed by atoms with Gasteiger partial charge in [0.25, 0.3) is 0 Å². The van der Waals surface area contributed by atoms with Crippen molar-refractivity contribution in [3.63, 3.8) is 0 Å². The van der Waals surface area contributed by atoms with Gasteiger partial charge in [-0.15, -0.1) is 0 Å². The number of aryl methyl sites for hydroxylation is 1. The van der Waals surface area contributed by atoms with Crippen molar-refractivity contribution in [2.24, 2.45) is 5.41 Å². The first-order chi connectivity index (χ1) is 6.48. The van der Waals surface area contributed by atoms with E-state index in [9.17, 15) is 0 Å². The standard InChI is InChI=1S/C13H17Cl/c1-13(2,3)12-7-4-9-8-10(14)5-6-11(9)12/h5-6,8,12H,4,7H2,1-3H3. The highest BCUT2D eigenvalue weighted by Crippen LogP contribution is 2.45. The second kappa shape index (κ2) is 3.27. The minimum Gasteiger partial charge on any atom is -0.0843 e. The Morgan fingerprint density at radius 3 is 2.64 bits per heavy atom. The summed E-state index contributed by atoms with van der Waals surface area (Å²) in [6.45, 7) is 6.96. The number of halogens is 1. The lowest BCUT2D eigenvalue weighted by Gasteiger charge is -2.27. The molecule has 0 amide bonds. The highest BCUT2D eigenvalue weighted by molar-refractivity contribution is 6.30. The van der Waals surface area contributed by atoms with Gasteiger partial charge in [0.15, 0.2) is 0 Å². The van der Waals surface area contributed by atoms with Crippen LogP contribution in [0.1, 0.15) is 44.2 Å². The predicted octanol–water partition coefficient (Wildman–Crippen LogP) is 4.42. The molecule has 1 aromatic carbocycles. The first kappa shape index (κ1) is 10.0. The van der Waals surface area contributed by atoms with Crippen LogP contribution in [-0.4, -0.2) is 0 Å². The average molecular weight is 209 g/mol. The van der Waals surface area contributed by atoms with Crippen molar-refractivity contribution in [1.29, 1.82) is 0 Å². The molecule has 0 aliphatic heterocycles. The quantitative estimate of drug-likeness (QED) is 0.592. The van der Waals surface area contributed by atoms with Gasteiger partial charge in [-0.2, -0.15) is 0 Å². The van der Waals surface area contributed by atoms with E-state index in [0.29, 0.717) is 11.3 Å². The van der Waals surface area contributed by atoms with Crippen LogP contribution in [0.3, 0.4) is 0 Å². The molecule has 0 fully saturated rings. The number of hydrogen-bond donors (Lipinski definition) is 0. The van der Waals surface area contributed by atoms with Gasteiger partial charge >= 0.3 is 0 Å². The smallest absolute Gasteiger partial charge is 0.0408 e. The van der Waals surface area contributed by atoms with E-state index in [4.69, 9.17) is 11.6 Å². The van der Waals surface area contributed by atoms with E-state index in [1.165, 1.54) is 24.0 Å². The Morgan fingerprint density at radius 2 is 2.00 bits per heavy atom. The molecule has 2 rings (SSSR count). The molecule has 1 aliphatic rings. The van der Waals surface area contributed by atoms with Crippen LogP contribution in [0.15, 0.2) is 18.2 Å².